The first-order valence-corrected chi connectivity index (χ1v) is 8.39. The minimum Gasteiger partial charge on any atom is -0.397 e. The molecule has 0 radical (unpaired) electrons. The predicted molar refractivity (Wildman–Crippen MR) is 85.0 cm³/mol. The van der Waals surface area contributed by atoms with E-state index in [-0.39, 0.29) is 5.91 Å². The zero-order valence-corrected chi connectivity index (χ0v) is 13.3. The van der Waals surface area contributed by atoms with Gasteiger partial charge in [0.2, 0.25) is 10.0 Å². The molecule has 1 rings (SSSR count). The lowest BCUT2D eigenvalue weighted by molar-refractivity contribution is 0.0953. The van der Waals surface area contributed by atoms with Gasteiger partial charge in [-0.3, -0.25) is 4.79 Å². The van der Waals surface area contributed by atoms with Crippen LogP contribution in [0.5, 0.6) is 0 Å². The minimum absolute atomic E-state index is 0.230. The van der Waals surface area contributed by atoms with Gasteiger partial charge in [-0.2, -0.15) is 0 Å². The van der Waals surface area contributed by atoms with Crippen molar-refractivity contribution in [2.24, 2.45) is 0 Å². The van der Waals surface area contributed by atoms with Gasteiger partial charge in [-0.1, -0.05) is 0 Å². The van der Waals surface area contributed by atoms with Crippen molar-refractivity contribution >= 4 is 27.3 Å². The zero-order chi connectivity index (χ0) is 16.0. The normalized spacial score (nSPS) is 11.2. The molecule has 0 aliphatic rings. The summed E-state index contributed by atoms with van der Waals surface area (Å²) >= 11 is 0. The van der Waals surface area contributed by atoms with Crippen molar-refractivity contribution in [2.45, 2.75) is 6.42 Å². The molecule has 1 amide bonds. The van der Waals surface area contributed by atoms with Gasteiger partial charge in [0.15, 0.2) is 0 Å². The third-order valence-corrected chi connectivity index (χ3v) is 3.50. The molecule has 0 unspecified atom stereocenters. The highest BCUT2D eigenvalue weighted by atomic mass is 32.2. The summed E-state index contributed by atoms with van der Waals surface area (Å²) in [4.78, 5) is 13.8. The number of hydrogen-bond acceptors (Lipinski definition) is 5. The number of hydrogen-bond donors (Lipinski definition) is 3. The maximum atomic E-state index is 11.9. The van der Waals surface area contributed by atoms with Gasteiger partial charge in [0, 0.05) is 32.7 Å². The fraction of sp³-hybridized carbons (Fsp3) is 0.462. The van der Waals surface area contributed by atoms with Gasteiger partial charge < -0.3 is 16.0 Å². The summed E-state index contributed by atoms with van der Waals surface area (Å²) < 4.78 is 24.1. The lowest BCUT2D eigenvalue weighted by atomic mass is 10.1. The van der Waals surface area contributed by atoms with E-state index >= 15 is 0 Å². The van der Waals surface area contributed by atoms with Crippen molar-refractivity contribution in [1.29, 1.82) is 0 Å². The maximum absolute atomic E-state index is 11.9. The molecule has 0 spiro atoms. The Labute approximate surface area is 125 Å². The van der Waals surface area contributed by atoms with Crippen LogP contribution < -0.4 is 20.7 Å². The first kappa shape index (κ1) is 17.3. The Morgan fingerprint density at radius 1 is 1.29 bits per heavy atom. The van der Waals surface area contributed by atoms with Crippen molar-refractivity contribution in [1.82, 2.24) is 10.0 Å². The molecule has 118 valence electrons. The molecule has 4 N–H and O–H groups in total. The second-order valence-corrected chi connectivity index (χ2v) is 6.78. The van der Waals surface area contributed by atoms with Crippen molar-refractivity contribution in [3.63, 3.8) is 0 Å². The van der Waals surface area contributed by atoms with Crippen molar-refractivity contribution in [3.05, 3.63) is 23.8 Å². The molecule has 0 bridgehead atoms. The molecule has 0 heterocycles. The molecule has 0 saturated carbocycles. The molecular formula is C13H22N4O3S. The smallest absolute Gasteiger partial charge is 0.251 e. The third-order valence-electron chi connectivity index (χ3n) is 2.77. The summed E-state index contributed by atoms with van der Waals surface area (Å²) in [5.41, 5.74) is 7.75. The molecule has 0 fully saturated rings. The summed E-state index contributed by atoms with van der Waals surface area (Å²) in [6.07, 6.45) is 1.62. The third kappa shape index (κ3) is 6.01. The van der Waals surface area contributed by atoms with E-state index in [0.717, 1.165) is 11.9 Å². The summed E-state index contributed by atoms with van der Waals surface area (Å²) in [6.45, 7) is 0.678. The number of nitrogens with two attached hydrogens (primary N) is 1. The van der Waals surface area contributed by atoms with Crippen LogP contribution in [-0.2, 0) is 10.0 Å². The fourth-order valence-corrected chi connectivity index (χ4v) is 2.27. The maximum Gasteiger partial charge on any atom is 0.251 e. The number of amides is 1. The Bertz CT molecular complexity index is 599. The average molecular weight is 314 g/mol. The molecule has 0 atom stereocenters. The predicted octanol–water partition coefficient (Wildman–Crippen LogP) is 0.00390. The number of anilines is 2. The molecule has 0 saturated heterocycles. The molecular weight excluding hydrogens is 292 g/mol. The van der Waals surface area contributed by atoms with Crippen LogP contribution in [0.25, 0.3) is 0 Å². The SMILES string of the molecule is CN(C)c1ccc(C(=O)NCCCNS(C)(=O)=O)cc1N. The highest BCUT2D eigenvalue weighted by Gasteiger charge is 2.08. The van der Waals surface area contributed by atoms with E-state index in [9.17, 15) is 13.2 Å². The summed E-state index contributed by atoms with van der Waals surface area (Å²) in [7, 11) is 0.571. The largest absolute Gasteiger partial charge is 0.397 e. The van der Waals surface area contributed by atoms with Gasteiger partial charge in [0.25, 0.3) is 5.91 Å². The Balaban J connectivity index is 2.48. The summed E-state index contributed by atoms with van der Waals surface area (Å²) in [5.74, 6) is -0.230. The number of rotatable bonds is 7. The molecule has 0 aromatic heterocycles. The molecule has 8 heteroatoms. The highest BCUT2D eigenvalue weighted by molar-refractivity contribution is 7.88. The van der Waals surface area contributed by atoms with Crippen LogP contribution in [0.15, 0.2) is 18.2 Å². The average Bonchev–Trinajstić information content (AvgIpc) is 2.36. The van der Waals surface area contributed by atoms with E-state index in [2.05, 4.69) is 10.0 Å². The Morgan fingerprint density at radius 3 is 2.48 bits per heavy atom. The first-order chi connectivity index (χ1) is 9.70. The van der Waals surface area contributed by atoms with E-state index in [0.29, 0.717) is 30.8 Å². The fourth-order valence-electron chi connectivity index (χ4n) is 1.75. The molecule has 7 nitrogen and oxygen atoms in total. The van der Waals surface area contributed by atoms with Crippen LogP contribution in [0.4, 0.5) is 11.4 Å². The second kappa shape index (κ2) is 7.28. The van der Waals surface area contributed by atoms with Crippen molar-refractivity contribution < 1.29 is 13.2 Å². The van der Waals surface area contributed by atoms with E-state index in [1.165, 1.54) is 0 Å². The van der Waals surface area contributed by atoms with Crippen LogP contribution in [0.1, 0.15) is 16.8 Å². The molecule has 1 aromatic carbocycles. The standard InChI is InChI=1S/C13H22N4O3S/c1-17(2)12-6-5-10(9-11(12)14)13(18)15-7-4-8-16-21(3,19)20/h5-6,9,16H,4,7-8,14H2,1-3H3,(H,15,18). The van der Waals surface area contributed by atoms with Crippen LogP contribution in [-0.4, -0.2) is 47.8 Å². The van der Waals surface area contributed by atoms with E-state index in [1.807, 2.05) is 19.0 Å². The number of nitrogen functional groups attached to an aromatic ring is 1. The first-order valence-electron chi connectivity index (χ1n) is 6.50. The number of nitrogens with one attached hydrogen (secondary N) is 2. The number of carbonyl (C=O) groups is 1. The lowest BCUT2D eigenvalue weighted by Crippen LogP contribution is -2.29. The monoisotopic (exact) mass is 314 g/mol. The highest BCUT2D eigenvalue weighted by Crippen LogP contribution is 2.22. The van der Waals surface area contributed by atoms with E-state index in [4.69, 9.17) is 5.73 Å². The van der Waals surface area contributed by atoms with Gasteiger partial charge in [-0.25, -0.2) is 13.1 Å². The van der Waals surface area contributed by atoms with Crippen LogP contribution >= 0.6 is 0 Å². The zero-order valence-electron chi connectivity index (χ0n) is 12.5. The van der Waals surface area contributed by atoms with Crippen LogP contribution in [0, 0.1) is 0 Å². The summed E-state index contributed by atoms with van der Waals surface area (Å²) in [5, 5.41) is 2.72. The van der Waals surface area contributed by atoms with E-state index in [1.54, 1.807) is 18.2 Å². The molecule has 0 aliphatic carbocycles. The van der Waals surface area contributed by atoms with Gasteiger partial charge in [-0.05, 0) is 24.6 Å². The lowest BCUT2D eigenvalue weighted by Gasteiger charge is -2.15. The number of nitrogens with zero attached hydrogens (tertiary/aromatic N) is 1. The molecule has 21 heavy (non-hydrogen) atoms. The molecule has 0 aliphatic heterocycles. The van der Waals surface area contributed by atoms with Crippen LogP contribution in [0.3, 0.4) is 0 Å². The van der Waals surface area contributed by atoms with Gasteiger partial charge in [0.05, 0.1) is 17.6 Å². The van der Waals surface area contributed by atoms with Crippen LogP contribution in [0.2, 0.25) is 0 Å². The Morgan fingerprint density at radius 2 is 1.95 bits per heavy atom. The second-order valence-electron chi connectivity index (χ2n) is 4.94. The topological polar surface area (TPSA) is 105 Å². The van der Waals surface area contributed by atoms with Gasteiger partial charge in [-0.15, -0.1) is 0 Å². The molecule has 1 aromatic rings. The Hall–Kier alpha value is -1.80. The minimum atomic E-state index is -3.18. The van der Waals surface area contributed by atoms with Gasteiger partial charge in [0.1, 0.15) is 0 Å². The number of benzene rings is 1. The number of sulfonamides is 1. The number of carbonyl (C=O) groups excluding carboxylic acids is 1. The summed E-state index contributed by atoms with van der Waals surface area (Å²) in [6, 6.07) is 5.12. The van der Waals surface area contributed by atoms with E-state index < -0.39 is 10.0 Å². The Kier molecular flexibility index (Phi) is 5.98. The quantitative estimate of drug-likeness (QED) is 0.485. The van der Waals surface area contributed by atoms with Gasteiger partial charge >= 0.3 is 0 Å². The van der Waals surface area contributed by atoms with Crippen molar-refractivity contribution in [2.75, 3.05) is 44.1 Å². The van der Waals surface area contributed by atoms with Crippen molar-refractivity contribution in [3.8, 4) is 0 Å².